The maximum Gasteiger partial charge on any atom is 0.410 e. The summed E-state index contributed by atoms with van der Waals surface area (Å²) in [7, 11) is 0. The summed E-state index contributed by atoms with van der Waals surface area (Å²) in [5.41, 5.74) is 1.31. The van der Waals surface area contributed by atoms with E-state index in [0.29, 0.717) is 32.5 Å². The minimum Gasteiger partial charge on any atom is -0.444 e. The zero-order valence-corrected chi connectivity index (χ0v) is 17.3. The Morgan fingerprint density at radius 3 is 2.52 bits per heavy atom. The Balaban J connectivity index is 1.48. The number of morpholine rings is 1. The molecule has 2 bridgehead atoms. The van der Waals surface area contributed by atoms with Crippen LogP contribution in [-0.2, 0) is 20.7 Å². The molecule has 0 radical (unpaired) electrons. The summed E-state index contributed by atoms with van der Waals surface area (Å²) in [6.45, 7) is 6.51. The van der Waals surface area contributed by atoms with Crippen molar-refractivity contribution in [2.75, 3.05) is 13.2 Å². The van der Waals surface area contributed by atoms with Gasteiger partial charge in [-0.3, -0.25) is 14.7 Å². The van der Waals surface area contributed by atoms with Gasteiger partial charge in [-0.05, 0) is 45.2 Å². The molecule has 154 valence electrons. The van der Waals surface area contributed by atoms with Crippen molar-refractivity contribution >= 4 is 22.8 Å². The van der Waals surface area contributed by atoms with Gasteiger partial charge in [0.2, 0.25) is 0 Å². The molecule has 1 aromatic heterocycles. The molecule has 1 amide bonds. The number of aromatic nitrogens is 1. The Kier molecular flexibility index (Phi) is 5.30. The molecular weight excluding hydrogens is 368 g/mol. The lowest BCUT2D eigenvalue weighted by Crippen LogP contribution is -2.60. The van der Waals surface area contributed by atoms with Gasteiger partial charge in [0.05, 0.1) is 30.8 Å². The van der Waals surface area contributed by atoms with Crippen LogP contribution in [0.15, 0.2) is 36.5 Å². The van der Waals surface area contributed by atoms with E-state index < -0.39 is 5.60 Å². The van der Waals surface area contributed by atoms with Crippen LogP contribution >= 0.6 is 0 Å². The molecule has 6 heteroatoms. The third kappa shape index (κ3) is 4.27. The van der Waals surface area contributed by atoms with E-state index in [-0.39, 0.29) is 29.9 Å². The maximum absolute atomic E-state index is 13.1. The lowest BCUT2D eigenvalue weighted by Gasteiger charge is -2.47. The monoisotopic (exact) mass is 396 g/mol. The molecule has 6 nitrogen and oxygen atoms in total. The van der Waals surface area contributed by atoms with Crippen LogP contribution in [0.25, 0.3) is 10.9 Å². The average molecular weight is 396 g/mol. The number of rotatable bonds is 3. The van der Waals surface area contributed by atoms with E-state index in [1.807, 2.05) is 51.1 Å². The Hall–Kier alpha value is -2.47. The Morgan fingerprint density at radius 2 is 1.83 bits per heavy atom. The molecule has 2 atom stereocenters. The summed E-state index contributed by atoms with van der Waals surface area (Å²) in [5.74, 6) is 0.135. The lowest BCUT2D eigenvalue weighted by molar-refractivity contribution is -0.131. The third-order valence-electron chi connectivity index (χ3n) is 5.66. The summed E-state index contributed by atoms with van der Waals surface area (Å²) in [5, 5.41) is 1.04. The summed E-state index contributed by atoms with van der Waals surface area (Å²) in [6, 6.07) is 9.65. The van der Waals surface area contributed by atoms with Crippen molar-refractivity contribution in [2.24, 2.45) is 5.92 Å². The molecule has 0 spiro atoms. The van der Waals surface area contributed by atoms with Gasteiger partial charge in [0, 0.05) is 23.9 Å². The maximum atomic E-state index is 13.1. The number of ether oxygens (including phenoxy) is 2. The summed E-state index contributed by atoms with van der Waals surface area (Å²) in [4.78, 5) is 32.1. The standard InChI is InChI=1S/C23H28N2O4/c1-23(2,3)29-22(27)25-18-10-17(11-19(25)14-28-13-18)20(26)12-16-7-4-6-15-8-5-9-24-21(15)16/h4-9,17-19H,10-14H2,1-3H3. The van der Waals surface area contributed by atoms with Gasteiger partial charge in [-0.15, -0.1) is 0 Å². The van der Waals surface area contributed by atoms with Gasteiger partial charge in [-0.2, -0.15) is 0 Å². The predicted molar refractivity (Wildman–Crippen MR) is 110 cm³/mol. The van der Waals surface area contributed by atoms with E-state index in [0.717, 1.165) is 16.5 Å². The second kappa shape index (κ2) is 7.75. The fourth-order valence-corrected chi connectivity index (χ4v) is 4.43. The van der Waals surface area contributed by atoms with E-state index in [9.17, 15) is 9.59 Å². The number of Topliss-reactive ketones (excluding diaryl/α,β-unsaturated/α-hetero) is 1. The van der Waals surface area contributed by atoms with Crippen LogP contribution in [0.1, 0.15) is 39.2 Å². The number of carbonyl (C=O) groups excluding carboxylic acids is 2. The van der Waals surface area contributed by atoms with Crippen LogP contribution in [0.5, 0.6) is 0 Å². The van der Waals surface area contributed by atoms with Crippen LogP contribution < -0.4 is 0 Å². The molecule has 2 saturated heterocycles. The molecule has 29 heavy (non-hydrogen) atoms. The molecule has 2 unspecified atom stereocenters. The van der Waals surface area contributed by atoms with E-state index in [2.05, 4.69) is 4.98 Å². The minimum absolute atomic E-state index is 0.0773. The Labute approximate surface area is 171 Å². The average Bonchev–Trinajstić information content (AvgIpc) is 2.66. The first-order valence-corrected chi connectivity index (χ1v) is 10.3. The molecule has 2 fully saturated rings. The summed E-state index contributed by atoms with van der Waals surface area (Å²) >= 11 is 0. The molecule has 2 aliphatic heterocycles. The highest BCUT2D eigenvalue weighted by atomic mass is 16.6. The number of para-hydroxylation sites is 1. The molecule has 0 N–H and O–H groups in total. The quantitative estimate of drug-likeness (QED) is 0.790. The van der Waals surface area contributed by atoms with Crippen molar-refractivity contribution in [3.63, 3.8) is 0 Å². The third-order valence-corrected chi connectivity index (χ3v) is 5.66. The van der Waals surface area contributed by atoms with Crippen LogP contribution in [0.3, 0.4) is 0 Å². The van der Waals surface area contributed by atoms with E-state index in [4.69, 9.17) is 9.47 Å². The number of fused-ring (bicyclic) bond motifs is 3. The van der Waals surface area contributed by atoms with Gasteiger partial charge in [-0.1, -0.05) is 24.3 Å². The predicted octanol–water partition coefficient (Wildman–Crippen LogP) is 3.76. The van der Waals surface area contributed by atoms with Crippen LogP contribution in [-0.4, -0.2) is 52.7 Å². The van der Waals surface area contributed by atoms with Gasteiger partial charge < -0.3 is 9.47 Å². The normalized spacial score (nSPS) is 24.4. The highest BCUT2D eigenvalue weighted by molar-refractivity contribution is 5.89. The van der Waals surface area contributed by atoms with Crippen LogP contribution in [0.2, 0.25) is 0 Å². The highest BCUT2D eigenvalue weighted by Gasteiger charge is 2.45. The zero-order chi connectivity index (χ0) is 20.6. The van der Waals surface area contributed by atoms with Gasteiger partial charge in [-0.25, -0.2) is 4.79 Å². The topological polar surface area (TPSA) is 68.7 Å². The fourth-order valence-electron chi connectivity index (χ4n) is 4.43. The van der Waals surface area contributed by atoms with Crippen LogP contribution in [0, 0.1) is 5.92 Å². The van der Waals surface area contributed by atoms with Crippen molar-refractivity contribution in [1.29, 1.82) is 0 Å². The van der Waals surface area contributed by atoms with E-state index in [1.165, 1.54) is 0 Å². The largest absolute Gasteiger partial charge is 0.444 e. The number of nitrogens with zero attached hydrogens (tertiary/aromatic N) is 2. The molecule has 3 heterocycles. The number of piperidine rings is 1. The summed E-state index contributed by atoms with van der Waals surface area (Å²) in [6.07, 6.45) is 3.06. The molecule has 0 saturated carbocycles. The fraction of sp³-hybridized carbons (Fsp3) is 0.522. The molecule has 2 aliphatic rings. The lowest BCUT2D eigenvalue weighted by atomic mass is 9.81. The number of pyridine rings is 1. The first-order valence-electron chi connectivity index (χ1n) is 10.3. The van der Waals surface area contributed by atoms with Crippen molar-refractivity contribution in [3.05, 3.63) is 42.1 Å². The van der Waals surface area contributed by atoms with Crippen molar-refractivity contribution in [1.82, 2.24) is 9.88 Å². The van der Waals surface area contributed by atoms with Crippen molar-refractivity contribution in [3.8, 4) is 0 Å². The van der Waals surface area contributed by atoms with Gasteiger partial charge in [0.1, 0.15) is 11.4 Å². The Morgan fingerprint density at radius 1 is 1.14 bits per heavy atom. The van der Waals surface area contributed by atoms with Crippen molar-refractivity contribution in [2.45, 2.75) is 57.7 Å². The number of hydrogen-bond donors (Lipinski definition) is 0. The van der Waals surface area contributed by atoms with Gasteiger partial charge in [0.25, 0.3) is 0 Å². The number of carbonyl (C=O) groups is 2. The van der Waals surface area contributed by atoms with E-state index in [1.54, 1.807) is 11.1 Å². The summed E-state index contributed by atoms with van der Waals surface area (Å²) < 4.78 is 11.3. The van der Waals surface area contributed by atoms with Crippen molar-refractivity contribution < 1.29 is 19.1 Å². The number of benzene rings is 1. The van der Waals surface area contributed by atoms with Crippen LogP contribution in [0.4, 0.5) is 4.79 Å². The Bertz CT molecular complexity index is 901. The smallest absolute Gasteiger partial charge is 0.410 e. The molecule has 4 rings (SSSR count). The molecule has 1 aromatic carbocycles. The second-order valence-corrected chi connectivity index (χ2v) is 9.04. The zero-order valence-electron chi connectivity index (χ0n) is 17.3. The SMILES string of the molecule is CC(C)(C)OC(=O)N1C2COCC1CC(C(=O)Cc1cccc3cccnc13)C2. The second-order valence-electron chi connectivity index (χ2n) is 9.04. The number of ketones is 1. The molecular formula is C23H28N2O4. The number of hydrogen-bond acceptors (Lipinski definition) is 5. The molecule has 2 aromatic rings. The van der Waals surface area contributed by atoms with Gasteiger partial charge >= 0.3 is 6.09 Å². The van der Waals surface area contributed by atoms with Gasteiger partial charge in [0.15, 0.2) is 0 Å². The first kappa shape index (κ1) is 19.8. The highest BCUT2D eigenvalue weighted by Crippen LogP contribution is 2.34. The van der Waals surface area contributed by atoms with E-state index >= 15 is 0 Å². The first-order chi connectivity index (χ1) is 13.8. The molecule has 0 aliphatic carbocycles. The number of amides is 1. The minimum atomic E-state index is -0.541.